The highest BCUT2D eigenvalue weighted by Gasteiger charge is 2.24. The van der Waals surface area contributed by atoms with E-state index in [1.807, 2.05) is 54.6 Å². The fraction of sp³-hybridized carbons (Fsp3) is 0.238. The van der Waals surface area contributed by atoms with Crippen LogP contribution in [0.5, 0.6) is 5.75 Å². The third-order valence-electron chi connectivity index (χ3n) is 3.53. The van der Waals surface area contributed by atoms with Gasteiger partial charge in [0.1, 0.15) is 18.4 Å². The standard InChI is InChI=1S/C21H20ClNO2/c1-21(2,3)20(24)17(13-23)11-16-5-4-6-19(12-16)25-14-15-7-9-18(22)10-8-15/h4-12H,14H2,1-3H3/b17-11+. The first-order valence-electron chi connectivity index (χ1n) is 7.93. The van der Waals surface area contributed by atoms with E-state index in [0.717, 1.165) is 11.1 Å². The number of rotatable bonds is 5. The van der Waals surface area contributed by atoms with Gasteiger partial charge in [-0.25, -0.2) is 0 Å². The van der Waals surface area contributed by atoms with Crippen molar-refractivity contribution in [2.45, 2.75) is 27.4 Å². The summed E-state index contributed by atoms with van der Waals surface area (Å²) >= 11 is 5.87. The Morgan fingerprint density at radius 3 is 2.48 bits per heavy atom. The largest absolute Gasteiger partial charge is 0.489 e. The molecular weight excluding hydrogens is 334 g/mol. The van der Waals surface area contributed by atoms with E-state index in [2.05, 4.69) is 0 Å². The zero-order valence-electron chi connectivity index (χ0n) is 14.5. The Labute approximate surface area is 153 Å². The highest BCUT2D eigenvalue weighted by Crippen LogP contribution is 2.23. The van der Waals surface area contributed by atoms with E-state index in [9.17, 15) is 10.1 Å². The van der Waals surface area contributed by atoms with Crippen molar-refractivity contribution in [2.24, 2.45) is 5.41 Å². The average Bonchev–Trinajstić information content (AvgIpc) is 2.58. The first kappa shape index (κ1) is 18.8. The fourth-order valence-electron chi connectivity index (χ4n) is 2.16. The maximum absolute atomic E-state index is 12.3. The van der Waals surface area contributed by atoms with Crippen molar-refractivity contribution in [2.75, 3.05) is 0 Å². The number of allylic oxidation sites excluding steroid dienone is 1. The van der Waals surface area contributed by atoms with Crippen LogP contribution in [0.3, 0.4) is 0 Å². The molecule has 0 aliphatic carbocycles. The lowest BCUT2D eigenvalue weighted by Crippen LogP contribution is -2.21. The number of nitrogens with zero attached hydrogens (tertiary/aromatic N) is 1. The molecular formula is C21H20ClNO2. The molecule has 0 aromatic heterocycles. The third kappa shape index (κ3) is 5.48. The lowest BCUT2D eigenvalue weighted by Gasteiger charge is -2.15. The van der Waals surface area contributed by atoms with Gasteiger partial charge in [0.2, 0.25) is 0 Å². The van der Waals surface area contributed by atoms with Crippen LogP contribution >= 0.6 is 11.6 Å². The van der Waals surface area contributed by atoms with Gasteiger partial charge in [0.05, 0.1) is 5.57 Å². The normalized spacial score (nSPS) is 11.7. The Morgan fingerprint density at radius 2 is 1.88 bits per heavy atom. The highest BCUT2D eigenvalue weighted by atomic mass is 35.5. The molecule has 0 amide bonds. The van der Waals surface area contributed by atoms with Gasteiger partial charge in [-0.15, -0.1) is 0 Å². The Morgan fingerprint density at radius 1 is 1.20 bits per heavy atom. The van der Waals surface area contributed by atoms with Crippen LogP contribution in [0, 0.1) is 16.7 Å². The van der Waals surface area contributed by atoms with Gasteiger partial charge in [-0.1, -0.05) is 56.6 Å². The molecule has 2 aromatic carbocycles. The molecule has 0 heterocycles. The summed E-state index contributed by atoms with van der Waals surface area (Å²) in [5.41, 5.74) is 1.31. The maximum Gasteiger partial charge on any atom is 0.178 e. The molecule has 0 aliphatic rings. The third-order valence-corrected chi connectivity index (χ3v) is 3.79. The predicted molar refractivity (Wildman–Crippen MR) is 100 cm³/mol. The molecule has 0 atom stereocenters. The van der Waals surface area contributed by atoms with E-state index >= 15 is 0 Å². The van der Waals surface area contributed by atoms with Gasteiger partial charge < -0.3 is 4.74 Å². The van der Waals surface area contributed by atoms with Crippen molar-refractivity contribution in [3.63, 3.8) is 0 Å². The molecule has 0 spiro atoms. The molecule has 128 valence electrons. The van der Waals surface area contributed by atoms with Gasteiger partial charge in [0.25, 0.3) is 0 Å². The molecule has 0 fully saturated rings. The van der Waals surface area contributed by atoms with Crippen LogP contribution in [0.1, 0.15) is 31.9 Å². The summed E-state index contributed by atoms with van der Waals surface area (Å²) in [7, 11) is 0. The van der Waals surface area contributed by atoms with Crippen molar-refractivity contribution < 1.29 is 9.53 Å². The van der Waals surface area contributed by atoms with E-state index in [0.29, 0.717) is 17.4 Å². The molecule has 0 saturated heterocycles. The number of carbonyl (C=O) groups is 1. The molecule has 4 heteroatoms. The van der Waals surface area contributed by atoms with Crippen LogP contribution in [0.4, 0.5) is 0 Å². The summed E-state index contributed by atoms with van der Waals surface area (Å²) in [4.78, 5) is 12.3. The predicted octanol–water partition coefficient (Wildman–Crippen LogP) is 5.44. The molecule has 2 rings (SSSR count). The minimum Gasteiger partial charge on any atom is -0.489 e. The number of Topliss-reactive ketones (excluding diaryl/α,β-unsaturated/α-hetero) is 1. The zero-order valence-corrected chi connectivity index (χ0v) is 15.3. The van der Waals surface area contributed by atoms with E-state index < -0.39 is 5.41 Å². The van der Waals surface area contributed by atoms with Crippen LogP contribution in [0.2, 0.25) is 5.02 Å². The highest BCUT2D eigenvalue weighted by molar-refractivity contribution is 6.30. The van der Waals surface area contributed by atoms with Gasteiger partial charge >= 0.3 is 0 Å². The summed E-state index contributed by atoms with van der Waals surface area (Å²) in [5, 5.41) is 9.97. The summed E-state index contributed by atoms with van der Waals surface area (Å²) < 4.78 is 5.78. The van der Waals surface area contributed by atoms with E-state index in [4.69, 9.17) is 16.3 Å². The average molecular weight is 354 g/mol. The number of hydrogen-bond acceptors (Lipinski definition) is 3. The number of carbonyl (C=O) groups excluding carboxylic acids is 1. The Kier molecular flexibility index (Phi) is 6.01. The topological polar surface area (TPSA) is 50.1 Å². The second-order valence-electron chi connectivity index (χ2n) is 6.74. The van der Waals surface area contributed by atoms with Crippen molar-refractivity contribution in [1.82, 2.24) is 0 Å². The van der Waals surface area contributed by atoms with Crippen LogP contribution in [-0.4, -0.2) is 5.78 Å². The smallest absolute Gasteiger partial charge is 0.178 e. The minimum absolute atomic E-state index is 0.141. The molecule has 0 saturated carbocycles. The Hall–Kier alpha value is -2.57. The molecule has 25 heavy (non-hydrogen) atoms. The summed E-state index contributed by atoms with van der Waals surface area (Å²) in [5.74, 6) is 0.492. The Balaban J connectivity index is 2.15. The molecule has 3 nitrogen and oxygen atoms in total. The SMILES string of the molecule is CC(C)(C)C(=O)/C(C#N)=C/c1cccc(OCc2ccc(Cl)cc2)c1. The maximum atomic E-state index is 12.3. The fourth-order valence-corrected chi connectivity index (χ4v) is 2.29. The number of ether oxygens (including phenoxy) is 1. The van der Waals surface area contributed by atoms with Crippen LogP contribution in [-0.2, 0) is 11.4 Å². The van der Waals surface area contributed by atoms with E-state index in [-0.39, 0.29) is 11.4 Å². The monoisotopic (exact) mass is 353 g/mol. The first-order chi connectivity index (χ1) is 11.8. The van der Waals surface area contributed by atoms with Crippen LogP contribution in [0.25, 0.3) is 6.08 Å². The number of benzene rings is 2. The first-order valence-corrected chi connectivity index (χ1v) is 8.31. The lowest BCUT2D eigenvalue weighted by molar-refractivity contribution is -0.121. The van der Waals surface area contributed by atoms with E-state index in [1.165, 1.54) is 0 Å². The molecule has 0 radical (unpaired) electrons. The van der Waals surface area contributed by atoms with Gasteiger partial charge in [-0.05, 0) is 41.5 Å². The van der Waals surface area contributed by atoms with Crippen molar-refractivity contribution in [1.29, 1.82) is 5.26 Å². The summed E-state index contributed by atoms with van der Waals surface area (Å²) in [6.07, 6.45) is 1.60. The molecule has 0 bridgehead atoms. The number of ketones is 1. The summed E-state index contributed by atoms with van der Waals surface area (Å²) in [6, 6.07) is 16.8. The van der Waals surface area contributed by atoms with Crippen molar-refractivity contribution >= 4 is 23.5 Å². The van der Waals surface area contributed by atoms with Gasteiger partial charge in [-0.3, -0.25) is 4.79 Å². The summed E-state index contributed by atoms with van der Waals surface area (Å²) in [6.45, 7) is 5.81. The molecule has 2 aromatic rings. The molecule has 0 N–H and O–H groups in total. The van der Waals surface area contributed by atoms with Gasteiger partial charge in [0.15, 0.2) is 5.78 Å². The van der Waals surface area contributed by atoms with Crippen molar-refractivity contribution in [3.8, 4) is 11.8 Å². The second kappa shape index (κ2) is 8.00. The second-order valence-corrected chi connectivity index (χ2v) is 7.17. The lowest BCUT2D eigenvalue weighted by atomic mass is 9.86. The quantitative estimate of drug-likeness (QED) is 0.531. The van der Waals surface area contributed by atoms with Gasteiger partial charge in [0, 0.05) is 10.4 Å². The molecule has 0 aliphatic heterocycles. The number of nitriles is 1. The molecule has 0 unspecified atom stereocenters. The Bertz CT molecular complexity index is 824. The van der Waals surface area contributed by atoms with E-state index in [1.54, 1.807) is 26.8 Å². The number of halogens is 1. The number of hydrogen-bond donors (Lipinski definition) is 0. The van der Waals surface area contributed by atoms with Crippen molar-refractivity contribution in [3.05, 3.63) is 70.3 Å². The van der Waals surface area contributed by atoms with Gasteiger partial charge in [-0.2, -0.15) is 5.26 Å². The zero-order chi connectivity index (χ0) is 18.4. The minimum atomic E-state index is -0.593. The van der Waals surface area contributed by atoms with Crippen LogP contribution < -0.4 is 4.74 Å². The van der Waals surface area contributed by atoms with Crippen LogP contribution in [0.15, 0.2) is 54.1 Å².